The summed E-state index contributed by atoms with van der Waals surface area (Å²) in [6.45, 7) is 0. The van der Waals surface area contributed by atoms with Gasteiger partial charge in [-0.3, -0.25) is 0 Å². The molecule has 2 unspecified atom stereocenters. The number of aromatic nitrogens is 2. The summed E-state index contributed by atoms with van der Waals surface area (Å²) in [7, 11) is 1.71. The highest BCUT2D eigenvalue weighted by atomic mass is 35.5. The van der Waals surface area contributed by atoms with Gasteiger partial charge in [0.2, 0.25) is 0 Å². The number of imidazole rings is 1. The second-order valence-corrected chi connectivity index (χ2v) is 5.65. The van der Waals surface area contributed by atoms with Gasteiger partial charge in [-0.05, 0) is 37.5 Å². The van der Waals surface area contributed by atoms with Crippen LogP contribution in [0.4, 0.5) is 4.39 Å². The molecular formula is C13H14ClFN2OS. The summed E-state index contributed by atoms with van der Waals surface area (Å²) in [6, 6.07) is 3.18. The van der Waals surface area contributed by atoms with E-state index in [1.54, 1.807) is 13.2 Å². The Labute approximate surface area is 120 Å². The third-order valence-corrected chi connectivity index (χ3v) is 4.40. The molecular weight excluding hydrogens is 287 g/mol. The van der Waals surface area contributed by atoms with Crippen LogP contribution in [0.25, 0.3) is 11.0 Å². The summed E-state index contributed by atoms with van der Waals surface area (Å²) in [4.78, 5) is 3.09. The van der Waals surface area contributed by atoms with Gasteiger partial charge in [0.1, 0.15) is 5.82 Å². The maximum atomic E-state index is 13.7. The van der Waals surface area contributed by atoms with Gasteiger partial charge in [0.25, 0.3) is 0 Å². The third-order valence-electron chi connectivity index (χ3n) is 3.81. The second-order valence-electron chi connectivity index (χ2n) is 4.86. The molecule has 1 aliphatic carbocycles. The van der Waals surface area contributed by atoms with Gasteiger partial charge in [0, 0.05) is 13.2 Å². The minimum atomic E-state index is -0.427. The van der Waals surface area contributed by atoms with E-state index < -0.39 is 5.82 Å². The molecule has 1 aliphatic rings. The normalized spacial score (nSPS) is 23.3. The van der Waals surface area contributed by atoms with E-state index >= 15 is 0 Å². The minimum absolute atomic E-state index is 0.102. The number of methoxy groups -OCH3 is 1. The van der Waals surface area contributed by atoms with Crippen LogP contribution in [0.15, 0.2) is 12.1 Å². The summed E-state index contributed by atoms with van der Waals surface area (Å²) >= 11 is 11.2. The first kappa shape index (κ1) is 13.1. The van der Waals surface area contributed by atoms with E-state index in [1.165, 1.54) is 6.07 Å². The Bertz CT molecular complexity index is 681. The Kier molecular flexibility index (Phi) is 3.37. The average Bonchev–Trinajstić information content (AvgIpc) is 2.93. The summed E-state index contributed by atoms with van der Waals surface area (Å²) in [5.74, 6) is -0.427. The summed E-state index contributed by atoms with van der Waals surface area (Å²) in [5, 5.41) is 0.102. The molecule has 0 aliphatic heterocycles. The number of rotatable bonds is 2. The van der Waals surface area contributed by atoms with Gasteiger partial charge in [-0.15, -0.1) is 0 Å². The second kappa shape index (κ2) is 4.89. The molecule has 0 saturated heterocycles. The van der Waals surface area contributed by atoms with E-state index in [0.717, 1.165) is 30.3 Å². The number of hydrogen-bond donors (Lipinski definition) is 1. The zero-order valence-electron chi connectivity index (χ0n) is 10.5. The highest BCUT2D eigenvalue weighted by Crippen LogP contribution is 2.35. The molecule has 2 aromatic rings. The minimum Gasteiger partial charge on any atom is -0.379 e. The topological polar surface area (TPSA) is 29.9 Å². The molecule has 1 heterocycles. The number of nitrogens with zero attached hydrogens (tertiary/aromatic N) is 1. The van der Waals surface area contributed by atoms with Crippen molar-refractivity contribution in [2.75, 3.05) is 7.11 Å². The maximum Gasteiger partial charge on any atom is 0.178 e. The largest absolute Gasteiger partial charge is 0.379 e. The highest BCUT2D eigenvalue weighted by Gasteiger charge is 2.30. The molecule has 3 rings (SSSR count). The van der Waals surface area contributed by atoms with Crippen molar-refractivity contribution in [3.05, 3.63) is 27.7 Å². The monoisotopic (exact) mass is 300 g/mol. The molecule has 19 heavy (non-hydrogen) atoms. The van der Waals surface area contributed by atoms with Crippen LogP contribution in [0.3, 0.4) is 0 Å². The van der Waals surface area contributed by atoms with Crippen molar-refractivity contribution in [1.29, 1.82) is 0 Å². The fraction of sp³-hybridized carbons (Fsp3) is 0.462. The number of benzene rings is 1. The van der Waals surface area contributed by atoms with E-state index in [9.17, 15) is 4.39 Å². The van der Waals surface area contributed by atoms with Crippen LogP contribution in [0, 0.1) is 10.6 Å². The van der Waals surface area contributed by atoms with Gasteiger partial charge in [0.05, 0.1) is 28.2 Å². The van der Waals surface area contributed by atoms with Gasteiger partial charge >= 0.3 is 0 Å². The van der Waals surface area contributed by atoms with E-state index in [2.05, 4.69) is 4.98 Å². The van der Waals surface area contributed by atoms with Crippen LogP contribution < -0.4 is 0 Å². The number of ether oxygens (including phenoxy) is 1. The molecule has 3 nitrogen and oxygen atoms in total. The molecule has 1 aromatic heterocycles. The quantitative estimate of drug-likeness (QED) is 0.841. The molecule has 0 bridgehead atoms. The predicted molar refractivity (Wildman–Crippen MR) is 75.8 cm³/mol. The van der Waals surface area contributed by atoms with E-state index in [4.69, 9.17) is 28.6 Å². The Morgan fingerprint density at radius 2 is 2.26 bits per heavy atom. The number of H-pyrrole nitrogens is 1. The molecule has 0 radical (unpaired) electrons. The third kappa shape index (κ3) is 2.10. The van der Waals surface area contributed by atoms with Crippen LogP contribution >= 0.6 is 23.8 Å². The van der Waals surface area contributed by atoms with Gasteiger partial charge < -0.3 is 14.3 Å². The SMILES string of the molecule is COC1CCCC1n1c(=S)[nH]c2cc(Cl)c(F)cc21. The molecule has 1 N–H and O–H groups in total. The Morgan fingerprint density at radius 1 is 1.47 bits per heavy atom. The number of halogens is 2. The number of aromatic amines is 1. The standard InChI is InChI=1S/C13H14ClFN2OS/c1-18-12-4-2-3-10(12)17-11-6-8(15)7(14)5-9(11)16-13(17)19/h5-6,10,12H,2-4H2,1H3,(H,16,19). The van der Waals surface area contributed by atoms with Gasteiger partial charge in [-0.25, -0.2) is 4.39 Å². The van der Waals surface area contributed by atoms with Crippen molar-refractivity contribution < 1.29 is 9.13 Å². The molecule has 2 atom stereocenters. The van der Waals surface area contributed by atoms with E-state index in [0.29, 0.717) is 4.77 Å². The van der Waals surface area contributed by atoms with Gasteiger partial charge in [0.15, 0.2) is 4.77 Å². The smallest absolute Gasteiger partial charge is 0.178 e. The Balaban J connectivity index is 2.20. The lowest BCUT2D eigenvalue weighted by molar-refractivity contribution is 0.0757. The molecule has 1 aromatic carbocycles. The number of fused-ring (bicyclic) bond motifs is 1. The van der Waals surface area contributed by atoms with Crippen LogP contribution in [0.5, 0.6) is 0 Å². The fourth-order valence-corrected chi connectivity index (χ4v) is 3.43. The first-order valence-corrected chi connectivity index (χ1v) is 7.02. The first-order valence-electron chi connectivity index (χ1n) is 6.24. The zero-order chi connectivity index (χ0) is 13.6. The van der Waals surface area contributed by atoms with Crippen molar-refractivity contribution in [3.63, 3.8) is 0 Å². The van der Waals surface area contributed by atoms with Gasteiger partial charge in [-0.2, -0.15) is 0 Å². The fourth-order valence-electron chi connectivity index (χ4n) is 2.93. The zero-order valence-corrected chi connectivity index (χ0v) is 12.0. The number of nitrogens with one attached hydrogen (secondary N) is 1. The highest BCUT2D eigenvalue weighted by molar-refractivity contribution is 7.71. The summed E-state index contributed by atoms with van der Waals surface area (Å²) < 4.78 is 21.7. The average molecular weight is 301 g/mol. The van der Waals surface area contributed by atoms with Crippen molar-refractivity contribution >= 4 is 34.9 Å². The number of hydrogen-bond acceptors (Lipinski definition) is 2. The maximum absolute atomic E-state index is 13.7. The van der Waals surface area contributed by atoms with E-state index in [1.807, 2.05) is 4.57 Å². The van der Waals surface area contributed by atoms with Crippen LogP contribution in [0.2, 0.25) is 5.02 Å². The molecule has 1 saturated carbocycles. The molecule has 0 spiro atoms. The Hall–Kier alpha value is -0.910. The predicted octanol–water partition coefficient (Wildman–Crippen LogP) is 4.23. The molecule has 1 fully saturated rings. The lowest BCUT2D eigenvalue weighted by atomic mass is 10.2. The van der Waals surface area contributed by atoms with Crippen LogP contribution in [-0.4, -0.2) is 22.8 Å². The summed E-state index contributed by atoms with van der Waals surface area (Å²) in [6.07, 6.45) is 3.22. The van der Waals surface area contributed by atoms with Crippen LogP contribution in [-0.2, 0) is 4.74 Å². The lowest BCUT2D eigenvalue weighted by Crippen LogP contribution is -2.20. The Morgan fingerprint density at radius 3 is 3.00 bits per heavy atom. The summed E-state index contributed by atoms with van der Waals surface area (Å²) in [5.41, 5.74) is 1.51. The van der Waals surface area contributed by atoms with Crippen molar-refractivity contribution in [1.82, 2.24) is 9.55 Å². The van der Waals surface area contributed by atoms with Crippen molar-refractivity contribution in [2.24, 2.45) is 0 Å². The van der Waals surface area contributed by atoms with E-state index in [-0.39, 0.29) is 17.2 Å². The molecule has 0 amide bonds. The van der Waals surface area contributed by atoms with Crippen molar-refractivity contribution in [2.45, 2.75) is 31.4 Å². The van der Waals surface area contributed by atoms with Gasteiger partial charge in [-0.1, -0.05) is 11.6 Å². The van der Waals surface area contributed by atoms with Crippen LogP contribution in [0.1, 0.15) is 25.3 Å². The lowest BCUT2D eigenvalue weighted by Gasteiger charge is -2.20. The molecule has 6 heteroatoms. The van der Waals surface area contributed by atoms with Crippen molar-refractivity contribution in [3.8, 4) is 0 Å². The molecule has 102 valence electrons. The first-order chi connectivity index (χ1) is 9.11.